The summed E-state index contributed by atoms with van der Waals surface area (Å²) in [6, 6.07) is 14.4. The number of benzene rings is 2. The number of carbonyl (C=O) groups excluding carboxylic acids is 2. The summed E-state index contributed by atoms with van der Waals surface area (Å²) in [5.74, 6) is -2.42. The summed E-state index contributed by atoms with van der Waals surface area (Å²) in [5, 5.41) is 11.5. The quantitative estimate of drug-likeness (QED) is 0.504. The van der Waals surface area contributed by atoms with E-state index >= 15 is 0 Å². The summed E-state index contributed by atoms with van der Waals surface area (Å²) >= 11 is 1.19. The lowest BCUT2D eigenvalue weighted by molar-refractivity contribution is -0.131. The third-order valence-electron chi connectivity index (χ3n) is 6.20. The van der Waals surface area contributed by atoms with Crippen molar-refractivity contribution in [2.24, 2.45) is 0 Å². The van der Waals surface area contributed by atoms with E-state index in [0.717, 1.165) is 18.4 Å². The summed E-state index contributed by atoms with van der Waals surface area (Å²) in [6.07, 6.45) is 1.40. The summed E-state index contributed by atoms with van der Waals surface area (Å²) in [4.78, 5) is 33.1. The molecule has 0 bridgehead atoms. The lowest BCUT2D eigenvalue weighted by Gasteiger charge is -2.29. The fraction of sp³-hybridized carbons (Fsp3) is 0.269. The van der Waals surface area contributed by atoms with Crippen LogP contribution in [0.15, 0.2) is 65.9 Å². The average Bonchev–Trinajstić information content (AvgIpc) is 3.55. The van der Waals surface area contributed by atoms with E-state index in [-0.39, 0.29) is 23.8 Å². The number of amides is 1. The van der Waals surface area contributed by atoms with Crippen molar-refractivity contribution in [3.63, 3.8) is 0 Å². The molecule has 1 N–H and O–H groups in total. The Morgan fingerprint density at radius 1 is 1.21 bits per heavy atom. The first-order chi connectivity index (χ1) is 16.5. The maximum absolute atomic E-state index is 14.9. The summed E-state index contributed by atoms with van der Waals surface area (Å²) in [6.45, 7) is 2.47. The van der Waals surface area contributed by atoms with Crippen LogP contribution >= 0.6 is 11.3 Å². The smallest absolute Gasteiger partial charge is 0.290 e. The third kappa shape index (κ3) is 3.93. The van der Waals surface area contributed by atoms with Gasteiger partial charge in [0.15, 0.2) is 5.76 Å². The molecular formula is C26H23FN2O4S. The Bertz CT molecular complexity index is 1280. The fourth-order valence-corrected chi connectivity index (χ4v) is 5.56. The van der Waals surface area contributed by atoms with Crippen LogP contribution in [0.2, 0.25) is 0 Å². The molecule has 5 rings (SSSR count). The van der Waals surface area contributed by atoms with Gasteiger partial charge in [0.05, 0.1) is 28.3 Å². The Kier molecular flexibility index (Phi) is 6.02. The zero-order chi connectivity index (χ0) is 23.8. The molecule has 2 unspecified atom stereocenters. The van der Waals surface area contributed by atoms with Gasteiger partial charge in [-0.25, -0.2) is 9.37 Å². The topological polar surface area (TPSA) is 79.7 Å². The molecule has 3 heterocycles. The van der Waals surface area contributed by atoms with Crippen molar-refractivity contribution >= 4 is 23.0 Å². The van der Waals surface area contributed by atoms with Gasteiger partial charge in [-0.15, -0.1) is 11.3 Å². The minimum atomic E-state index is -1.05. The van der Waals surface area contributed by atoms with E-state index in [1.807, 2.05) is 30.3 Å². The third-order valence-corrected chi connectivity index (χ3v) is 7.40. The van der Waals surface area contributed by atoms with Crippen molar-refractivity contribution in [3.8, 4) is 10.6 Å². The van der Waals surface area contributed by atoms with E-state index in [9.17, 15) is 19.1 Å². The van der Waals surface area contributed by atoms with Crippen LogP contribution in [0.1, 0.15) is 39.8 Å². The second kappa shape index (κ2) is 9.12. The maximum Gasteiger partial charge on any atom is 0.290 e. The van der Waals surface area contributed by atoms with Crippen LogP contribution in [-0.4, -0.2) is 45.9 Å². The number of aryl methyl sites for hydroxylation is 1. The molecule has 0 spiro atoms. The molecule has 8 heteroatoms. The Morgan fingerprint density at radius 2 is 1.94 bits per heavy atom. The first-order valence-corrected chi connectivity index (χ1v) is 11.9. The molecule has 2 aromatic carbocycles. The number of carbonyl (C=O) groups is 2. The van der Waals surface area contributed by atoms with E-state index < -0.39 is 29.3 Å². The molecule has 0 aliphatic carbocycles. The number of nitrogens with zero attached hydrogens (tertiary/aromatic N) is 2. The molecule has 34 heavy (non-hydrogen) atoms. The number of Topliss-reactive ketones (excluding diaryl/α,β-unsaturated/α-hetero) is 1. The van der Waals surface area contributed by atoms with E-state index in [2.05, 4.69) is 4.98 Å². The molecule has 2 atom stereocenters. The summed E-state index contributed by atoms with van der Waals surface area (Å²) in [7, 11) is 0. The zero-order valence-electron chi connectivity index (χ0n) is 18.5. The molecule has 0 radical (unpaired) electrons. The van der Waals surface area contributed by atoms with Crippen LogP contribution in [-0.2, 0) is 9.53 Å². The molecule has 0 saturated carbocycles. The van der Waals surface area contributed by atoms with Crippen molar-refractivity contribution in [1.82, 2.24) is 9.88 Å². The molecule has 2 aliphatic heterocycles. The minimum Gasteiger partial charge on any atom is -0.503 e. The van der Waals surface area contributed by atoms with Crippen LogP contribution in [0, 0.1) is 12.7 Å². The van der Waals surface area contributed by atoms with E-state index in [1.165, 1.54) is 28.4 Å². The number of ketones is 1. The molecule has 3 aromatic rings. The second-order valence-electron chi connectivity index (χ2n) is 8.41. The van der Waals surface area contributed by atoms with Gasteiger partial charge in [0.2, 0.25) is 5.78 Å². The highest BCUT2D eigenvalue weighted by atomic mass is 32.1. The van der Waals surface area contributed by atoms with Crippen molar-refractivity contribution in [1.29, 1.82) is 0 Å². The van der Waals surface area contributed by atoms with Gasteiger partial charge in [0.25, 0.3) is 5.91 Å². The average molecular weight is 479 g/mol. The SMILES string of the molecule is Cc1nc(-c2ccccc2)sc1C(=O)C1=C(O)C(=O)N(CC2CCCO2)C1c1ccccc1F. The van der Waals surface area contributed by atoms with Gasteiger partial charge in [0.1, 0.15) is 10.8 Å². The van der Waals surface area contributed by atoms with E-state index in [0.29, 0.717) is 22.2 Å². The Morgan fingerprint density at radius 3 is 2.65 bits per heavy atom. The first-order valence-electron chi connectivity index (χ1n) is 11.1. The van der Waals surface area contributed by atoms with Crippen LogP contribution in [0.5, 0.6) is 0 Å². The molecule has 6 nitrogen and oxygen atoms in total. The monoisotopic (exact) mass is 478 g/mol. The number of thiazole rings is 1. The largest absolute Gasteiger partial charge is 0.503 e. The molecule has 1 fully saturated rings. The van der Waals surface area contributed by atoms with E-state index in [4.69, 9.17) is 4.74 Å². The Hall–Kier alpha value is -3.36. The van der Waals surface area contributed by atoms with Crippen LogP contribution in [0.4, 0.5) is 4.39 Å². The van der Waals surface area contributed by atoms with Gasteiger partial charge >= 0.3 is 0 Å². The summed E-state index contributed by atoms with van der Waals surface area (Å²) in [5.41, 5.74) is 1.39. The van der Waals surface area contributed by atoms with Crippen molar-refractivity contribution in [3.05, 3.63) is 87.9 Å². The molecule has 1 saturated heterocycles. The van der Waals surface area contributed by atoms with E-state index in [1.54, 1.807) is 19.1 Å². The number of ether oxygens (including phenoxy) is 1. The Labute approximate surface area is 200 Å². The molecular weight excluding hydrogens is 455 g/mol. The lowest BCUT2D eigenvalue weighted by Crippen LogP contribution is -2.37. The lowest BCUT2D eigenvalue weighted by atomic mass is 9.94. The standard InChI is InChI=1S/C26H23FN2O4S/c1-15-24(34-25(28-15)16-8-3-2-4-9-16)22(30)20-21(18-11-5-6-12-19(18)27)29(26(32)23(20)31)14-17-10-7-13-33-17/h2-6,8-9,11-12,17,21,31H,7,10,13-14H2,1H3. The number of rotatable bonds is 6. The number of aliphatic hydroxyl groups excluding tert-OH is 1. The van der Waals surface area contributed by atoms with Crippen molar-refractivity contribution < 1.29 is 23.8 Å². The zero-order valence-corrected chi connectivity index (χ0v) is 19.3. The van der Waals surface area contributed by atoms with Crippen LogP contribution in [0.25, 0.3) is 10.6 Å². The highest BCUT2D eigenvalue weighted by molar-refractivity contribution is 7.17. The predicted molar refractivity (Wildman–Crippen MR) is 126 cm³/mol. The number of hydrogen-bond acceptors (Lipinski definition) is 6. The van der Waals surface area contributed by atoms with Crippen molar-refractivity contribution in [2.45, 2.75) is 31.9 Å². The normalized spacial score (nSPS) is 20.4. The molecule has 174 valence electrons. The van der Waals surface area contributed by atoms with Gasteiger partial charge in [-0.3, -0.25) is 9.59 Å². The first kappa shape index (κ1) is 22.4. The van der Waals surface area contributed by atoms with Crippen LogP contribution < -0.4 is 0 Å². The minimum absolute atomic E-state index is 0.126. The van der Waals surface area contributed by atoms with Crippen LogP contribution in [0.3, 0.4) is 0 Å². The van der Waals surface area contributed by atoms with Gasteiger partial charge in [0, 0.05) is 24.3 Å². The maximum atomic E-state index is 14.9. The number of aromatic nitrogens is 1. The molecule has 2 aliphatic rings. The van der Waals surface area contributed by atoms with Gasteiger partial charge in [-0.05, 0) is 25.8 Å². The fourth-order valence-electron chi connectivity index (χ4n) is 4.54. The van der Waals surface area contributed by atoms with Gasteiger partial charge in [-0.1, -0.05) is 48.5 Å². The summed E-state index contributed by atoms with van der Waals surface area (Å²) < 4.78 is 20.6. The van der Waals surface area contributed by atoms with Crippen molar-refractivity contribution in [2.75, 3.05) is 13.2 Å². The predicted octanol–water partition coefficient (Wildman–Crippen LogP) is 5.01. The van der Waals surface area contributed by atoms with Gasteiger partial charge in [-0.2, -0.15) is 0 Å². The molecule has 1 amide bonds. The highest BCUT2D eigenvalue weighted by Crippen LogP contribution is 2.42. The molecule has 1 aromatic heterocycles. The number of hydrogen-bond donors (Lipinski definition) is 1. The highest BCUT2D eigenvalue weighted by Gasteiger charge is 2.46. The number of halogens is 1. The Balaban J connectivity index is 1.57. The number of aliphatic hydroxyl groups is 1. The van der Waals surface area contributed by atoms with Gasteiger partial charge < -0.3 is 14.7 Å². The second-order valence-corrected chi connectivity index (χ2v) is 9.41.